The van der Waals surface area contributed by atoms with E-state index in [1.165, 1.54) is 0 Å². The van der Waals surface area contributed by atoms with Crippen molar-refractivity contribution < 1.29 is 9.22 Å². The van der Waals surface area contributed by atoms with E-state index in [9.17, 15) is 10.1 Å². The van der Waals surface area contributed by atoms with Crippen molar-refractivity contribution in [2.45, 2.75) is 66.2 Å². The number of carbonyl (C=O) groups excluding carboxylic acids is 1. The molecule has 2 rings (SSSR count). The minimum absolute atomic E-state index is 0.0120. The molecule has 28 heavy (non-hydrogen) atoms. The number of nitrogens with zero attached hydrogens (tertiary/aromatic N) is 1. The van der Waals surface area contributed by atoms with Gasteiger partial charge in [-0.2, -0.15) is 5.26 Å². The van der Waals surface area contributed by atoms with Crippen LogP contribution >= 0.6 is 0 Å². The first kappa shape index (κ1) is 21.9. The average molecular weight is 394 g/mol. The van der Waals surface area contributed by atoms with Crippen LogP contribution in [0.4, 0.5) is 0 Å². The molecule has 0 saturated heterocycles. The van der Waals surface area contributed by atoms with Gasteiger partial charge in [-0.25, -0.2) is 0 Å². The number of hydrogen-bond donors (Lipinski definition) is 0. The summed E-state index contributed by atoms with van der Waals surface area (Å²) in [5.41, 5.74) is 6.20. The van der Waals surface area contributed by atoms with Gasteiger partial charge in [0.15, 0.2) is 5.78 Å². The highest BCUT2D eigenvalue weighted by atomic mass is 28.2. The van der Waals surface area contributed by atoms with Crippen LogP contribution in [0, 0.1) is 18.3 Å². The van der Waals surface area contributed by atoms with Crippen molar-refractivity contribution in [3.8, 4) is 11.8 Å². The molecule has 2 aromatic carbocycles. The Kier molecular flexibility index (Phi) is 6.85. The molecule has 0 amide bonds. The van der Waals surface area contributed by atoms with Crippen molar-refractivity contribution in [3.63, 3.8) is 0 Å². The fourth-order valence-corrected chi connectivity index (χ4v) is 4.60. The summed E-state index contributed by atoms with van der Waals surface area (Å²) in [5.74, 6) is 1.64. The number of ketones is 1. The summed E-state index contributed by atoms with van der Waals surface area (Å²) in [6.45, 7) is 14.9. The van der Waals surface area contributed by atoms with Gasteiger partial charge in [0.25, 0.3) is 0 Å². The summed E-state index contributed by atoms with van der Waals surface area (Å²) in [6, 6.07) is 9.13. The van der Waals surface area contributed by atoms with E-state index in [0.29, 0.717) is 21.6 Å². The quantitative estimate of drug-likeness (QED) is 0.505. The van der Waals surface area contributed by atoms with E-state index in [1.807, 2.05) is 6.92 Å². The maximum Gasteiger partial charge on any atom is 0.204 e. The van der Waals surface area contributed by atoms with Crippen LogP contribution in [0.5, 0.6) is 5.75 Å². The second kappa shape index (κ2) is 8.75. The highest BCUT2D eigenvalue weighted by molar-refractivity contribution is 6.12. The van der Waals surface area contributed by atoms with Crippen molar-refractivity contribution in [2.75, 3.05) is 0 Å². The molecule has 0 aliphatic rings. The van der Waals surface area contributed by atoms with Crippen LogP contribution < -0.4 is 4.43 Å². The predicted molar refractivity (Wildman–Crippen MR) is 119 cm³/mol. The molecule has 148 valence electrons. The highest BCUT2D eigenvalue weighted by Crippen LogP contribution is 2.44. The van der Waals surface area contributed by atoms with Crippen LogP contribution in [0.1, 0.15) is 103 Å². The van der Waals surface area contributed by atoms with E-state index in [0.717, 1.165) is 33.6 Å². The van der Waals surface area contributed by atoms with Gasteiger partial charge in [-0.15, -0.1) is 0 Å². The van der Waals surface area contributed by atoms with Gasteiger partial charge in [0.2, 0.25) is 10.5 Å². The highest BCUT2D eigenvalue weighted by Gasteiger charge is 2.30. The number of rotatable bonds is 6. The molecule has 0 aromatic heterocycles. The lowest BCUT2D eigenvalue weighted by Crippen LogP contribution is -2.17. The average Bonchev–Trinajstić information content (AvgIpc) is 2.65. The molecule has 0 bridgehead atoms. The first-order chi connectivity index (χ1) is 13.1. The zero-order chi connectivity index (χ0) is 21.2. The summed E-state index contributed by atoms with van der Waals surface area (Å²) >= 11 is 0. The van der Waals surface area contributed by atoms with E-state index in [-0.39, 0.29) is 23.5 Å². The molecule has 0 atom stereocenters. The fourth-order valence-electron chi connectivity index (χ4n) is 4.16. The zero-order valence-electron chi connectivity index (χ0n) is 18.3. The van der Waals surface area contributed by atoms with Gasteiger partial charge in [0.05, 0.1) is 11.6 Å². The maximum atomic E-state index is 13.7. The Hall–Kier alpha value is -2.38. The Morgan fingerprint density at radius 2 is 1.57 bits per heavy atom. The number of nitriles is 1. The van der Waals surface area contributed by atoms with E-state index in [4.69, 9.17) is 4.43 Å². The van der Waals surface area contributed by atoms with Crippen LogP contribution in [0.15, 0.2) is 24.3 Å². The van der Waals surface area contributed by atoms with Crippen LogP contribution in [0.2, 0.25) is 0 Å². The lowest BCUT2D eigenvalue weighted by atomic mass is 9.77. The Morgan fingerprint density at radius 3 is 2.04 bits per heavy atom. The normalized spacial score (nSPS) is 11.3. The molecule has 0 N–H and O–H groups in total. The molecule has 0 unspecified atom stereocenters. The molecule has 2 aromatic rings. The first-order valence-electron chi connectivity index (χ1n) is 9.94. The molecule has 0 aliphatic carbocycles. The third-order valence-electron chi connectivity index (χ3n) is 5.24. The zero-order valence-corrected chi connectivity index (χ0v) is 20.3. The van der Waals surface area contributed by atoms with Crippen molar-refractivity contribution in [1.82, 2.24) is 0 Å². The van der Waals surface area contributed by atoms with Crippen LogP contribution in [-0.2, 0) is 0 Å². The minimum atomic E-state index is -0.0120. The molecule has 3 nitrogen and oxygen atoms in total. The van der Waals surface area contributed by atoms with E-state index < -0.39 is 0 Å². The lowest BCUT2D eigenvalue weighted by molar-refractivity contribution is 0.103. The van der Waals surface area contributed by atoms with Crippen LogP contribution in [0.3, 0.4) is 0 Å². The van der Waals surface area contributed by atoms with Gasteiger partial charge >= 0.3 is 0 Å². The largest absolute Gasteiger partial charge is 0.553 e. The molecule has 0 radical (unpaired) electrons. The molecule has 0 spiro atoms. The van der Waals surface area contributed by atoms with Crippen molar-refractivity contribution in [2.24, 2.45) is 0 Å². The topological polar surface area (TPSA) is 50.1 Å². The van der Waals surface area contributed by atoms with Gasteiger partial charge in [-0.05, 0) is 59.1 Å². The molecule has 0 aliphatic heterocycles. The third kappa shape index (κ3) is 3.91. The smallest absolute Gasteiger partial charge is 0.204 e. The SMILES string of the molecule is Cc1c(C(=O)c2cccc(C#N)c2)c(C(C)C)c(C(C)C)c(O[SiH3])c1C(C)C. The second-order valence-electron chi connectivity index (χ2n) is 8.26. The lowest BCUT2D eigenvalue weighted by Gasteiger charge is -2.29. The van der Waals surface area contributed by atoms with E-state index in [2.05, 4.69) is 47.6 Å². The Bertz CT molecular complexity index is 937. The second-order valence-corrected chi connectivity index (χ2v) is 8.67. The maximum absolute atomic E-state index is 13.7. The van der Waals surface area contributed by atoms with Gasteiger partial charge in [-0.3, -0.25) is 4.79 Å². The van der Waals surface area contributed by atoms with Crippen molar-refractivity contribution >= 4 is 16.3 Å². The van der Waals surface area contributed by atoms with Crippen molar-refractivity contribution in [1.29, 1.82) is 5.26 Å². The molecule has 0 saturated carbocycles. The van der Waals surface area contributed by atoms with Gasteiger partial charge < -0.3 is 4.43 Å². The molecular weight excluding hydrogens is 362 g/mol. The monoisotopic (exact) mass is 393 g/mol. The summed E-state index contributed by atoms with van der Waals surface area (Å²) in [4.78, 5) is 13.7. The predicted octanol–water partition coefficient (Wildman–Crippen LogP) is 5.13. The summed E-state index contributed by atoms with van der Waals surface area (Å²) < 4.78 is 6.03. The van der Waals surface area contributed by atoms with Crippen LogP contribution in [-0.4, -0.2) is 16.3 Å². The van der Waals surface area contributed by atoms with Crippen LogP contribution in [0.25, 0.3) is 0 Å². The first-order valence-corrected chi connectivity index (χ1v) is 10.8. The number of hydrogen-bond acceptors (Lipinski definition) is 3. The summed E-state index contributed by atoms with van der Waals surface area (Å²) in [6.07, 6.45) is 0. The van der Waals surface area contributed by atoms with Gasteiger partial charge in [0.1, 0.15) is 5.75 Å². The minimum Gasteiger partial charge on any atom is -0.553 e. The number of carbonyl (C=O) groups is 1. The van der Waals surface area contributed by atoms with E-state index >= 15 is 0 Å². The van der Waals surface area contributed by atoms with E-state index in [1.54, 1.807) is 24.3 Å². The summed E-state index contributed by atoms with van der Waals surface area (Å²) in [7, 11) is 0.605. The fraction of sp³-hybridized carbons (Fsp3) is 0.417. The summed E-state index contributed by atoms with van der Waals surface area (Å²) in [5, 5.41) is 9.24. The Labute approximate surface area is 172 Å². The molecule has 4 heteroatoms. The Balaban J connectivity index is 2.96. The Morgan fingerprint density at radius 1 is 1.00 bits per heavy atom. The third-order valence-corrected chi connectivity index (χ3v) is 5.65. The van der Waals surface area contributed by atoms with Gasteiger partial charge in [-0.1, -0.05) is 53.7 Å². The van der Waals surface area contributed by atoms with Gasteiger partial charge in [0, 0.05) is 11.1 Å². The molecular formula is C24H31NO2Si. The molecule has 0 heterocycles. The standard InChI is InChI=1S/C24H31NO2Si/c1-13(2)19-16(7)22(23(26)18-10-8-9-17(11-18)12-25)20(14(3)4)21(15(5)6)24(19)27-28/h8-11,13-15H,1-7,28H3. The number of benzene rings is 2. The molecule has 0 fully saturated rings. The van der Waals surface area contributed by atoms with Crippen molar-refractivity contribution in [3.05, 3.63) is 63.2 Å².